The molecular formula is C13H17NO2. The summed E-state index contributed by atoms with van der Waals surface area (Å²) in [6.45, 7) is 1.68. The molecule has 0 aromatic heterocycles. The van der Waals surface area contributed by atoms with E-state index in [4.69, 9.17) is 0 Å². The van der Waals surface area contributed by atoms with Crippen LogP contribution >= 0.6 is 0 Å². The predicted octanol–water partition coefficient (Wildman–Crippen LogP) is 2.41. The molecule has 1 amide bonds. The summed E-state index contributed by atoms with van der Waals surface area (Å²) in [6, 6.07) is 6.58. The Hall–Kier alpha value is -1.51. The number of amides is 1. The van der Waals surface area contributed by atoms with Crippen LogP contribution in [0.5, 0.6) is 5.75 Å². The second kappa shape index (κ2) is 5.01. The summed E-state index contributed by atoms with van der Waals surface area (Å²) in [5, 5.41) is 9.35. The SMILES string of the molecule is O=C(c1cccc(O)c1)N1CCCCCC1. The van der Waals surface area contributed by atoms with Gasteiger partial charge in [-0.15, -0.1) is 0 Å². The quantitative estimate of drug-likeness (QED) is 0.788. The Morgan fingerprint density at radius 3 is 2.44 bits per heavy atom. The monoisotopic (exact) mass is 219 g/mol. The van der Waals surface area contributed by atoms with Crippen LogP contribution in [0.3, 0.4) is 0 Å². The number of aromatic hydroxyl groups is 1. The molecule has 0 bridgehead atoms. The number of benzene rings is 1. The van der Waals surface area contributed by atoms with Gasteiger partial charge in [-0.2, -0.15) is 0 Å². The van der Waals surface area contributed by atoms with Crippen LogP contribution in [0.1, 0.15) is 36.0 Å². The van der Waals surface area contributed by atoms with Crippen LogP contribution < -0.4 is 0 Å². The highest BCUT2D eigenvalue weighted by Gasteiger charge is 2.17. The van der Waals surface area contributed by atoms with Gasteiger partial charge < -0.3 is 10.0 Å². The van der Waals surface area contributed by atoms with E-state index in [9.17, 15) is 9.90 Å². The zero-order valence-corrected chi connectivity index (χ0v) is 9.35. The number of rotatable bonds is 1. The lowest BCUT2D eigenvalue weighted by Crippen LogP contribution is -2.31. The van der Waals surface area contributed by atoms with Gasteiger partial charge in [0.05, 0.1) is 0 Å². The molecule has 0 radical (unpaired) electrons. The Morgan fingerprint density at radius 2 is 1.81 bits per heavy atom. The van der Waals surface area contributed by atoms with Gasteiger partial charge in [0.15, 0.2) is 0 Å². The summed E-state index contributed by atoms with van der Waals surface area (Å²) >= 11 is 0. The molecule has 1 aliphatic heterocycles. The minimum absolute atomic E-state index is 0.0396. The largest absolute Gasteiger partial charge is 0.508 e. The number of carbonyl (C=O) groups excluding carboxylic acids is 1. The molecule has 1 N–H and O–H groups in total. The fourth-order valence-electron chi connectivity index (χ4n) is 2.10. The van der Waals surface area contributed by atoms with Crippen molar-refractivity contribution in [2.45, 2.75) is 25.7 Å². The first-order chi connectivity index (χ1) is 7.77. The van der Waals surface area contributed by atoms with E-state index in [1.165, 1.54) is 18.9 Å². The van der Waals surface area contributed by atoms with E-state index in [0.717, 1.165) is 25.9 Å². The smallest absolute Gasteiger partial charge is 0.253 e. The van der Waals surface area contributed by atoms with Gasteiger partial charge in [-0.1, -0.05) is 18.9 Å². The third kappa shape index (κ3) is 2.54. The summed E-state index contributed by atoms with van der Waals surface area (Å²) in [5.41, 5.74) is 0.585. The Kier molecular flexibility index (Phi) is 3.44. The lowest BCUT2D eigenvalue weighted by Gasteiger charge is -2.20. The number of carbonyl (C=O) groups is 1. The minimum Gasteiger partial charge on any atom is -0.508 e. The van der Waals surface area contributed by atoms with E-state index < -0.39 is 0 Å². The summed E-state index contributed by atoms with van der Waals surface area (Å²) < 4.78 is 0. The first-order valence-corrected chi connectivity index (χ1v) is 5.86. The van der Waals surface area contributed by atoms with Crippen molar-refractivity contribution in [2.75, 3.05) is 13.1 Å². The van der Waals surface area contributed by atoms with Crippen LogP contribution in [0.25, 0.3) is 0 Å². The first-order valence-electron chi connectivity index (χ1n) is 5.86. The second-order valence-electron chi connectivity index (χ2n) is 4.26. The Bertz CT molecular complexity index is 368. The van der Waals surface area contributed by atoms with Crippen LogP contribution in [0, 0.1) is 0 Å². The van der Waals surface area contributed by atoms with Crippen LogP contribution in [0.4, 0.5) is 0 Å². The molecule has 3 heteroatoms. The van der Waals surface area contributed by atoms with Gasteiger partial charge in [-0.05, 0) is 31.0 Å². The molecule has 0 atom stereocenters. The Balaban J connectivity index is 2.11. The predicted molar refractivity (Wildman–Crippen MR) is 62.5 cm³/mol. The second-order valence-corrected chi connectivity index (χ2v) is 4.26. The molecular weight excluding hydrogens is 202 g/mol. The van der Waals surface area contributed by atoms with Gasteiger partial charge >= 0.3 is 0 Å². The van der Waals surface area contributed by atoms with Crippen molar-refractivity contribution in [3.63, 3.8) is 0 Å². The van der Waals surface area contributed by atoms with E-state index >= 15 is 0 Å². The maximum atomic E-state index is 12.1. The van der Waals surface area contributed by atoms with Gasteiger partial charge in [-0.3, -0.25) is 4.79 Å². The molecule has 0 saturated carbocycles. The molecule has 1 aromatic rings. The molecule has 16 heavy (non-hydrogen) atoms. The molecule has 1 fully saturated rings. The third-order valence-electron chi connectivity index (χ3n) is 2.99. The molecule has 1 saturated heterocycles. The highest BCUT2D eigenvalue weighted by Crippen LogP contribution is 2.16. The highest BCUT2D eigenvalue weighted by molar-refractivity contribution is 5.94. The molecule has 1 aromatic carbocycles. The van der Waals surface area contributed by atoms with Crippen molar-refractivity contribution in [1.82, 2.24) is 4.90 Å². The van der Waals surface area contributed by atoms with Gasteiger partial charge in [0, 0.05) is 18.7 Å². The van der Waals surface area contributed by atoms with E-state index in [0.29, 0.717) is 5.56 Å². The molecule has 0 aliphatic carbocycles. The van der Waals surface area contributed by atoms with Crippen molar-refractivity contribution in [3.05, 3.63) is 29.8 Å². The fourth-order valence-corrected chi connectivity index (χ4v) is 2.10. The first kappa shape index (κ1) is 11.0. The van der Waals surface area contributed by atoms with Crippen LogP contribution in [-0.4, -0.2) is 29.0 Å². The maximum absolute atomic E-state index is 12.1. The number of nitrogens with zero attached hydrogens (tertiary/aromatic N) is 1. The zero-order valence-electron chi connectivity index (χ0n) is 9.35. The van der Waals surface area contributed by atoms with E-state index in [1.807, 2.05) is 4.90 Å². The molecule has 86 valence electrons. The van der Waals surface area contributed by atoms with Crippen molar-refractivity contribution >= 4 is 5.91 Å². The molecule has 0 unspecified atom stereocenters. The number of hydrogen-bond donors (Lipinski definition) is 1. The minimum atomic E-state index is 0.0396. The van der Waals surface area contributed by atoms with Crippen molar-refractivity contribution in [2.24, 2.45) is 0 Å². The molecule has 1 heterocycles. The van der Waals surface area contributed by atoms with Crippen LogP contribution in [0.15, 0.2) is 24.3 Å². The number of likely N-dealkylation sites (tertiary alicyclic amines) is 1. The van der Waals surface area contributed by atoms with E-state index in [1.54, 1.807) is 18.2 Å². The average molecular weight is 219 g/mol. The van der Waals surface area contributed by atoms with E-state index in [-0.39, 0.29) is 11.7 Å². The molecule has 0 spiro atoms. The number of phenols is 1. The van der Waals surface area contributed by atoms with Crippen molar-refractivity contribution in [3.8, 4) is 5.75 Å². The molecule has 1 aliphatic rings. The Labute approximate surface area is 95.7 Å². The van der Waals surface area contributed by atoms with Crippen molar-refractivity contribution < 1.29 is 9.90 Å². The molecule has 2 rings (SSSR count). The fraction of sp³-hybridized carbons (Fsp3) is 0.462. The highest BCUT2D eigenvalue weighted by atomic mass is 16.3. The third-order valence-corrected chi connectivity index (χ3v) is 2.99. The topological polar surface area (TPSA) is 40.5 Å². The van der Waals surface area contributed by atoms with Gasteiger partial charge in [0.25, 0.3) is 5.91 Å². The normalized spacial score (nSPS) is 16.9. The van der Waals surface area contributed by atoms with Gasteiger partial charge in [0.2, 0.25) is 0 Å². The lowest BCUT2D eigenvalue weighted by molar-refractivity contribution is 0.0761. The summed E-state index contributed by atoms with van der Waals surface area (Å²) in [5.74, 6) is 0.193. The standard InChI is InChI=1S/C13H17NO2/c15-12-7-5-6-11(10-12)13(16)14-8-3-1-2-4-9-14/h5-7,10,15H,1-4,8-9H2. The average Bonchev–Trinajstić information content (AvgIpc) is 2.56. The Morgan fingerprint density at radius 1 is 1.12 bits per heavy atom. The van der Waals surface area contributed by atoms with Gasteiger partial charge in [0.1, 0.15) is 5.75 Å². The summed E-state index contributed by atoms with van der Waals surface area (Å²) in [7, 11) is 0. The van der Waals surface area contributed by atoms with E-state index in [2.05, 4.69) is 0 Å². The van der Waals surface area contributed by atoms with Gasteiger partial charge in [-0.25, -0.2) is 0 Å². The summed E-state index contributed by atoms with van der Waals surface area (Å²) in [4.78, 5) is 14.0. The molecule has 3 nitrogen and oxygen atoms in total. The zero-order chi connectivity index (χ0) is 11.4. The van der Waals surface area contributed by atoms with Crippen LogP contribution in [-0.2, 0) is 0 Å². The van der Waals surface area contributed by atoms with Crippen LogP contribution in [0.2, 0.25) is 0 Å². The number of phenolic OH excluding ortho intramolecular Hbond substituents is 1. The lowest BCUT2D eigenvalue weighted by atomic mass is 10.2. The van der Waals surface area contributed by atoms with Crippen molar-refractivity contribution in [1.29, 1.82) is 0 Å². The summed E-state index contributed by atoms with van der Waals surface area (Å²) in [6.07, 6.45) is 4.60. The number of hydrogen-bond acceptors (Lipinski definition) is 2. The maximum Gasteiger partial charge on any atom is 0.253 e.